The second kappa shape index (κ2) is 8.61. The van der Waals surface area contributed by atoms with E-state index < -0.39 is 0 Å². The molecule has 0 aromatic carbocycles. The molecule has 8 heteroatoms. The number of rotatable bonds is 4. The number of hydrogen-bond donors (Lipinski definition) is 4. The zero-order chi connectivity index (χ0) is 15.9. The van der Waals surface area contributed by atoms with Gasteiger partial charge in [-0.25, -0.2) is 0 Å². The van der Waals surface area contributed by atoms with E-state index >= 15 is 0 Å². The van der Waals surface area contributed by atoms with Crippen molar-refractivity contribution in [3.63, 3.8) is 0 Å². The summed E-state index contributed by atoms with van der Waals surface area (Å²) in [6, 6.07) is 0. The Kier molecular flexibility index (Phi) is 7.83. The fourth-order valence-electron chi connectivity index (χ4n) is 2.67. The Bertz CT molecular complexity index is 367. The quantitative estimate of drug-likeness (QED) is 0.532. The maximum atomic E-state index is 11.2. The van der Waals surface area contributed by atoms with E-state index in [1.54, 1.807) is 13.8 Å². The molecule has 0 aromatic heterocycles. The third-order valence-corrected chi connectivity index (χ3v) is 5.62. The molecule has 2 saturated heterocycles. The molecule has 0 aromatic rings. The van der Waals surface area contributed by atoms with Crippen LogP contribution in [0.5, 0.6) is 0 Å². The van der Waals surface area contributed by atoms with E-state index in [9.17, 15) is 9.59 Å². The highest BCUT2D eigenvalue weighted by Crippen LogP contribution is 2.20. The van der Waals surface area contributed by atoms with Crippen molar-refractivity contribution in [3.05, 3.63) is 0 Å². The average molecular weight is 334 g/mol. The third-order valence-electron chi connectivity index (χ3n) is 4.51. The van der Waals surface area contributed by atoms with Gasteiger partial charge in [0.25, 0.3) is 0 Å². The van der Waals surface area contributed by atoms with Crippen LogP contribution in [0.2, 0.25) is 0 Å². The molecule has 0 saturated carbocycles. The first-order valence-corrected chi connectivity index (χ1v) is 8.47. The number of Topliss-reactive ketones (excluding diaryl/α,β-unsaturated/α-hetero) is 2. The zero-order valence-corrected chi connectivity index (χ0v) is 15.2. The van der Waals surface area contributed by atoms with E-state index in [0.29, 0.717) is 0 Å². The maximum Gasteiger partial charge on any atom is 0.151 e. The fourth-order valence-corrected chi connectivity index (χ4v) is 3.61. The minimum Gasteiger partial charge on any atom is -0.317 e. The predicted molar refractivity (Wildman–Crippen MR) is 92.1 cm³/mol. The molecule has 0 aliphatic carbocycles. The molecule has 6 nitrogen and oxygen atoms in total. The van der Waals surface area contributed by atoms with Gasteiger partial charge in [0.05, 0.1) is 11.1 Å². The fraction of sp³-hybridized carbons (Fsp3) is 0.846. The van der Waals surface area contributed by atoms with E-state index in [1.807, 2.05) is 0 Å². The Morgan fingerprint density at radius 2 is 1.29 bits per heavy atom. The molecule has 0 amide bonds. The Labute approximate surface area is 131 Å². The highest BCUT2D eigenvalue weighted by atomic mass is 31.0. The van der Waals surface area contributed by atoms with Gasteiger partial charge in [0, 0.05) is 6.54 Å². The van der Waals surface area contributed by atoms with Gasteiger partial charge >= 0.3 is 0 Å². The van der Waals surface area contributed by atoms with Crippen LogP contribution in [0.4, 0.5) is 0 Å². The van der Waals surface area contributed by atoms with Crippen LogP contribution in [0, 0.1) is 0 Å². The normalized spacial score (nSPS) is 27.6. The van der Waals surface area contributed by atoms with Crippen LogP contribution in [0.3, 0.4) is 0 Å². The number of carbonyl (C=O) groups is 2. The lowest BCUT2D eigenvalue weighted by atomic mass is 9.86. The number of nitrogens with one attached hydrogen (secondary N) is 4. The molecule has 2 rings (SSSR count). The molecule has 0 spiro atoms. The van der Waals surface area contributed by atoms with Crippen LogP contribution >= 0.6 is 18.8 Å². The first-order valence-electron chi connectivity index (χ1n) is 7.31. The standard InChI is InChI=1S/C7H15N2OP.C6H13N2OP/c1-6(10)7(9-11)2-4-8-5-3-7;1-5(9)6(8-10)2-3-7-4-6/h8-9H,2-5,11H2,1H3;7-8H,2-4,10H2,1H3. The van der Waals surface area contributed by atoms with E-state index in [2.05, 4.69) is 39.6 Å². The molecule has 21 heavy (non-hydrogen) atoms. The van der Waals surface area contributed by atoms with Gasteiger partial charge in [0.1, 0.15) is 5.78 Å². The zero-order valence-electron chi connectivity index (χ0n) is 12.9. The lowest BCUT2D eigenvalue weighted by molar-refractivity contribution is -0.123. The molecule has 0 bridgehead atoms. The van der Waals surface area contributed by atoms with Crippen LogP contribution in [-0.4, -0.2) is 48.8 Å². The maximum absolute atomic E-state index is 11.2. The molecule has 3 unspecified atom stereocenters. The van der Waals surface area contributed by atoms with Crippen molar-refractivity contribution >= 4 is 30.3 Å². The Morgan fingerprint density at radius 1 is 0.857 bits per heavy atom. The van der Waals surface area contributed by atoms with Crippen molar-refractivity contribution in [2.75, 3.05) is 26.2 Å². The monoisotopic (exact) mass is 334 g/mol. The molecule has 0 radical (unpaired) electrons. The molecule has 2 aliphatic heterocycles. The summed E-state index contributed by atoms with van der Waals surface area (Å²) in [6.07, 6.45) is 2.68. The lowest BCUT2D eigenvalue weighted by Gasteiger charge is -2.34. The van der Waals surface area contributed by atoms with Crippen molar-refractivity contribution < 1.29 is 9.59 Å². The Morgan fingerprint density at radius 3 is 1.52 bits per heavy atom. The Hall–Kier alpha value is 0.0400. The summed E-state index contributed by atoms with van der Waals surface area (Å²) < 4.78 is 0. The van der Waals surface area contributed by atoms with Crippen molar-refractivity contribution in [2.45, 2.75) is 44.2 Å². The van der Waals surface area contributed by atoms with Crippen molar-refractivity contribution in [1.82, 2.24) is 20.8 Å². The summed E-state index contributed by atoms with van der Waals surface area (Å²) >= 11 is 0. The average Bonchev–Trinajstić information content (AvgIpc) is 2.98. The van der Waals surface area contributed by atoms with Crippen LogP contribution in [0.15, 0.2) is 0 Å². The molecular formula is C13H28N4O2P2. The van der Waals surface area contributed by atoms with Crippen molar-refractivity contribution in [2.24, 2.45) is 0 Å². The summed E-state index contributed by atoms with van der Waals surface area (Å²) in [7, 11) is 4.86. The minimum atomic E-state index is -0.301. The minimum absolute atomic E-state index is 0.215. The molecular weight excluding hydrogens is 306 g/mol. The van der Waals surface area contributed by atoms with E-state index in [1.165, 1.54) is 0 Å². The molecule has 2 heterocycles. The number of carbonyl (C=O) groups excluding carboxylic acids is 2. The van der Waals surface area contributed by atoms with Gasteiger partial charge in [-0.2, -0.15) is 0 Å². The smallest absolute Gasteiger partial charge is 0.151 e. The molecule has 3 atom stereocenters. The molecule has 4 N–H and O–H groups in total. The summed E-state index contributed by atoms with van der Waals surface area (Å²) in [5, 5.41) is 12.4. The second-order valence-electron chi connectivity index (χ2n) is 5.74. The van der Waals surface area contributed by atoms with Crippen LogP contribution in [0.25, 0.3) is 0 Å². The number of ketones is 2. The van der Waals surface area contributed by atoms with Gasteiger partial charge in [-0.1, -0.05) is 18.8 Å². The van der Waals surface area contributed by atoms with Gasteiger partial charge in [-0.3, -0.25) is 19.8 Å². The van der Waals surface area contributed by atoms with Crippen molar-refractivity contribution in [1.29, 1.82) is 0 Å². The summed E-state index contributed by atoms with van der Waals surface area (Å²) in [5.74, 6) is 0.460. The molecule has 122 valence electrons. The molecule has 2 aliphatic rings. The summed E-state index contributed by atoms with van der Waals surface area (Å²) in [6.45, 7) is 6.83. The van der Waals surface area contributed by atoms with Crippen LogP contribution < -0.4 is 20.8 Å². The van der Waals surface area contributed by atoms with Crippen LogP contribution in [0.1, 0.15) is 33.1 Å². The summed E-state index contributed by atoms with van der Waals surface area (Å²) in [5.41, 5.74) is -0.569. The third kappa shape index (κ3) is 4.75. The van der Waals surface area contributed by atoms with E-state index in [-0.39, 0.29) is 22.6 Å². The topological polar surface area (TPSA) is 82.3 Å². The van der Waals surface area contributed by atoms with Gasteiger partial charge in [0.2, 0.25) is 0 Å². The van der Waals surface area contributed by atoms with Gasteiger partial charge < -0.3 is 10.6 Å². The van der Waals surface area contributed by atoms with E-state index in [0.717, 1.165) is 45.4 Å². The highest BCUT2D eigenvalue weighted by molar-refractivity contribution is 7.14. The first-order chi connectivity index (χ1) is 9.92. The lowest BCUT2D eigenvalue weighted by Crippen LogP contribution is -2.53. The Balaban J connectivity index is 0.000000211. The predicted octanol–water partition coefficient (Wildman–Crippen LogP) is -0.235. The first kappa shape index (κ1) is 19.1. The second-order valence-corrected chi connectivity index (χ2v) is 6.32. The molecule has 2 fully saturated rings. The SMILES string of the molecule is CC(=O)C1(NP)CCNC1.CC(=O)C1(NP)CCNCC1. The number of piperidine rings is 1. The number of hydrogen-bond acceptors (Lipinski definition) is 6. The van der Waals surface area contributed by atoms with Crippen LogP contribution in [-0.2, 0) is 9.59 Å². The van der Waals surface area contributed by atoms with Gasteiger partial charge in [-0.15, -0.1) is 0 Å². The van der Waals surface area contributed by atoms with Gasteiger partial charge in [0.15, 0.2) is 5.78 Å². The van der Waals surface area contributed by atoms with E-state index in [4.69, 9.17) is 0 Å². The van der Waals surface area contributed by atoms with Gasteiger partial charge in [-0.05, 0) is 52.7 Å². The summed E-state index contributed by atoms with van der Waals surface area (Å²) in [4.78, 5) is 22.3. The largest absolute Gasteiger partial charge is 0.317 e. The van der Waals surface area contributed by atoms with Crippen molar-refractivity contribution in [3.8, 4) is 0 Å². The highest BCUT2D eigenvalue weighted by Gasteiger charge is 2.36.